The first kappa shape index (κ1) is 24.6. The van der Waals surface area contributed by atoms with Crippen molar-refractivity contribution in [3.63, 3.8) is 0 Å². The highest BCUT2D eigenvalue weighted by molar-refractivity contribution is 5.91. The molecule has 2 heterocycles. The summed E-state index contributed by atoms with van der Waals surface area (Å²) in [5.74, 6) is 0.00271. The Morgan fingerprint density at radius 3 is 2.05 bits per heavy atom. The molecule has 2 saturated heterocycles. The summed E-state index contributed by atoms with van der Waals surface area (Å²) in [5.41, 5.74) is 4.67. The lowest BCUT2D eigenvalue weighted by Crippen LogP contribution is -2.58. The van der Waals surface area contributed by atoms with Gasteiger partial charge in [-0.1, -0.05) is 109 Å². The number of Topliss-reactive ketones (excluding diaryl/α,β-unsaturated/α-hetero) is 1. The van der Waals surface area contributed by atoms with Crippen LogP contribution < -0.4 is 5.06 Å². The maximum Gasteiger partial charge on any atom is 0.176 e. The number of hydroxylamine groups is 1. The second-order valence-electron chi connectivity index (χ2n) is 10.6. The van der Waals surface area contributed by atoms with Crippen LogP contribution in [0.5, 0.6) is 0 Å². The van der Waals surface area contributed by atoms with Crippen LogP contribution in [0.25, 0.3) is 0 Å². The van der Waals surface area contributed by atoms with E-state index < -0.39 is 5.60 Å². The molecule has 0 saturated carbocycles. The van der Waals surface area contributed by atoms with Gasteiger partial charge in [-0.2, -0.15) is 0 Å². The minimum absolute atomic E-state index is 0.155. The maximum atomic E-state index is 14.1. The molecule has 0 N–H and O–H groups in total. The molecule has 2 fully saturated rings. The van der Waals surface area contributed by atoms with Crippen molar-refractivity contribution in [1.82, 2.24) is 4.90 Å². The molecule has 4 aromatic carbocycles. The van der Waals surface area contributed by atoms with Crippen LogP contribution in [0.15, 0.2) is 115 Å². The van der Waals surface area contributed by atoms with Gasteiger partial charge in [-0.05, 0) is 42.7 Å². The van der Waals surface area contributed by atoms with E-state index in [1.54, 1.807) is 0 Å². The van der Waals surface area contributed by atoms with Crippen LogP contribution in [0.4, 0.5) is 5.69 Å². The lowest BCUT2D eigenvalue weighted by molar-refractivity contribution is -0.151. The van der Waals surface area contributed by atoms with E-state index in [1.807, 2.05) is 35.4 Å². The molecule has 38 heavy (non-hydrogen) atoms. The Balaban J connectivity index is 1.51. The third-order valence-corrected chi connectivity index (χ3v) is 8.29. The first-order valence-corrected chi connectivity index (χ1v) is 13.5. The van der Waals surface area contributed by atoms with Gasteiger partial charge in [-0.15, -0.1) is 0 Å². The molecule has 1 spiro atoms. The van der Waals surface area contributed by atoms with E-state index in [0.717, 1.165) is 23.4 Å². The Morgan fingerprint density at radius 2 is 1.39 bits per heavy atom. The number of benzene rings is 4. The molecule has 0 aromatic heterocycles. The summed E-state index contributed by atoms with van der Waals surface area (Å²) in [6.45, 7) is 5.60. The van der Waals surface area contributed by atoms with Gasteiger partial charge in [0.05, 0.1) is 17.6 Å². The first-order chi connectivity index (χ1) is 18.6. The number of nitrogens with zero attached hydrogens (tertiary/aromatic N) is 2. The van der Waals surface area contributed by atoms with Crippen molar-refractivity contribution >= 4 is 11.5 Å². The molecule has 4 nitrogen and oxygen atoms in total. The normalized spacial score (nSPS) is 24.6. The minimum Gasteiger partial charge on any atom is -0.296 e. The molecule has 0 aliphatic carbocycles. The van der Waals surface area contributed by atoms with E-state index in [4.69, 9.17) is 4.84 Å². The van der Waals surface area contributed by atoms with Crippen molar-refractivity contribution in [2.24, 2.45) is 0 Å². The number of rotatable bonds is 5. The lowest BCUT2D eigenvalue weighted by atomic mass is 9.71. The highest BCUT2D eigenvalue weighted by atomic mass is 16.7. The lowest BCUT2D eigenvalue weighted by Gasteiger charge is -2.43. The van der Waals surface area contributed by atoms with E-state index in [0.29, 0.717) is 13.0 Å². The molecule has 6 rings (SSSR count). The van der Waals surface area contributed by atoms with Crippen LogP contribution in [0.3, 0.4) is 0 Å². The number of carbonyl (C=O) groups is 1. The van der Waals surface area contributed by atoms with Crippen LogP contribution >= 0.6 is 0 Å². The smallest absolute Gasteiger partial charge is 0.176 e. The van der Waals surface area contributed by atoms with E-state index >= 15 is 0 Å². The zero-order chi connectivity index (χ0) is 26.1. The van der Waals surface area contributed by atoms with Crippen molar-refractivity contribution in [2.75, 3.05) is 18.2 Å². The number of anilines is 1. The Hall–Kier alpha value is -3.73. The fraction of sp³-hybridized carbons (Fsp3) is 0.265. The number of piperidine rings is 1. The summed E-state index contributed by atoms with van der Waals surface area (Å²) in [7, 11) is 0. The molecule has 0 bridgehead atoms. The molecule has 0 amide bonds. The fourth-order valence-corrected chi connectivity index (χ4v) is 6.22. The number of likely N-dealkylation sites (tertiary alicyclic amines) is 1. The van der Waals surface area contributed by atoms with Crippen LogP contribution in [0, 0.1) is 6.92 Å². The molecular weight excluding hydrogens is 468 g/mol. The largest absolute Gasteiger partial charge is 0.296 e. The summed E-state index contributed by atoms with van der Waals surface area (Å²) >= 11 is 0. The van der Waals surface area contributed by atoms with E-state index in [-0.39, 0.29) is 23.8 Å². The van der Waals surface area contributed by atoms with Gasteiger partial charge < -0.3 is 0 Å². The van der Waals surface area contributed by atoms with Crippen molar-refractivity contribution < 1.29 is 9.63 Å². The van der Waals surface area contributed by atoms with Crippen LogP contribution in [0.2, 0.25) is 0 Å². The predicted molar refractivity (Wildman–Crippen MR) is 152 cm³/mol. The zero-order valence-corrected chi connectivity index (χ0v) is 22.0. The predicted octanol–water partition coefficient (Wildman–Crippen LogP) is 7.05. The Labute approximate surface area is 225 Å². The van der Waals surface area contributed by atoms with Gasteiger partial charge in [-0.3, -0.25) is 14.5 Å². The molecule has 4 heteroatoms. The maximum absolute atomic E-state index is 14.1. The number of aryl methyl sites for hydroxylation is 1. The Morgan fingerprint density at radius 1 is 0.789 bits per heavy atom. The molecule has 2 aliphatic heterocycles. The quantitative estimate of drug-likeness (QED) is 0.293. The van der Waals surface area contributed by atoms with Gasteiger partial charge in [0, 0.05) is 25.6 Å². The Kier molecular flexibility index (Phi) is 6.61. The van der Waals surface area contributed by atoms with Crippen molar-refractivity contribution in [2.45, 2.75) is 43.9 Å². The summed E-state index contributed by atoms with van der Waals surface area (Å²) in [6, 6.07) is 39.9. The van der Waals surface area contributed by atoms with E-state index in [2.05, 4.69) is 104 Å². The van der Waals surface area contributed by atoms with Crippen molar-refractivity contribution in [3.8, 4) is 0 Å². The molecule has 0 unspecified atom stereocenters. The average molecular weight is 503 g/mol. The van der Waals surface area contributed by atoms with E-state index in [1.165, 1.54) is 11.1 Å². The van der Waals surface area contributed by atoms with Crippen molar-refractivity contribution in [1.29, 1.82) is 0 Å². The minimum atomic E-state index is -1.01. The third kappa shape index (κ3) is 4.34. The number of ketones is 1. The topological polar surface area (TPSA) is 32.8 Å². The van der Waals surface area contributed by atoms with E-state index in [9.17, 15) is 4.79 Å². The average Bonchev–Trinajstić information content (AvgIpc) is 3.31. The molecule has 4 atom stereocenters. The van der Waals surface area contributed by atoms with Gasteiger partial charge in [-0.25, -0.2) is 5.06 Å². The van der Waals surface area contributed by atoms with Crippen LogP contribution in [-0.4, -0.2) is 29.4 Å². The fourth-order valence-electron chi connectivity index (χ4n) is 6.22. The Bertz CT molecular complexity index is 1370. The van der Waals surface area contributed by atoms with Gasteiger partial charge in [0.25, 0.3) is 0 Å². The summed E-state index contributed by atoms with van der Waals surface area (Å²) in [5, 5.41) is 2.01. The standard InChI is InChI=1S/C34H34N2O2/c1-25-18-20-28(21-19-25)32-33(29-14-8-4-9-15-29)36(30-16-10-5-11-17-30)38-34(32)24-35(23-22-31(34)37)26(2)27-12-6-3-7-13-27/h3-21,26,32-33H,22-24H2,1-2H3/t26-,32+,33-,34-/m1/s1. The zero-order valence-electron chi connectivity index (χ0n) is 22.0. The summed E-state index contributed by atoms with van der Waals surface area (Å²) in [4.78, 5) is 23.6. The first-order valence-electron chi connectivity index (χ1n) is 13.5. The second-order valence-corrected chi connectivity index (χ2v) is 10.6. The van der Waals surface area contributed by atoms with Crippen LogP contribution in [-0.2, 0) is 9.63 Å². The molecular formula is C34H34N2O2. The number of para-hydroxylation sites is 1. The van der Waals surface area contributed by atoms with Crippen molar-refractivity contribution in [3.05, 3.63) is 138 Å². The number of hydrogen-bond donors (Lipinski definition) is 0. The molecule has 0 radical (unpaired) electrons. The number of carbonyl (C=O) groups excluding carboxylic acids is 1. The highest BCUT2D eigenvalue weighted by Gasteiger charge is 2.61. The molecule has 4 aromatic rings. The summed E-state index contributed by atoms with van der Waals surface area (Å²) in [6.07, 6.45) is 0.462. The van der Waals surface area contributed by atoms with Crippen LogP contribution in [0.1, 0.15) is 53.6 Å². The monoisotopic (exact) mass is 502 g/mol. The van der Waals surface area contributed by atoms with Gasteiger partial charge in [0.1, 0.15) is 0 Å². The molecule has 192 valence electrons. The highest BCUT2D eigenvalue weighted by Crippen LogP contribution is 2.55. The summed E-state index contributed by atoms with van der Waals surface area (Å²) < 4.78 is 0. The number of hydrogen-bond acceptors (Lipinski definition) is 4. The SMILES string of the molecule is Cc1ccc([C@H]2[C@@H](c3ccccc3)N(c3ccccc3)O[C@@]23CN([C@H](C)c2ccccc2)CCC3=O)cc1. The van der Waals surface area contributed by atoms with Gasteiger partial charge in [0.15, 0.2) is 11.4 Å². The second kappa shape index (κ2) is 10.2. The van der Waals surface area contributed by atoms with Gasteiger partial charge in [0.2, 0.25) is 0 Å². The third-order valence-electron chi connectivity index (χ3n) is 8.29. The van der Waals surface area contributed by atoms with Gasteiger partial charge >= 0.3 is 0 Å². The molecule has 2 aliphatic rings.